The summed E-state index contributed by atoms with van der Waals surface area (Å²) in [4.78, 5) is 0. The minimum absolute atomic E-state index is 0.525. The number of nitriles is 8. The molecule has 0 fully saturated rings. The van der Waals surface area contributed by atoms with Gasteiger partial charge in [-0.2, -0.15) is 42.1 Å². The third-order valence-electron chi connectivity index (χ3n) is 7.43. The number of nitrogens with zero attached hydrogens (tertiary/aromatic N) is 8. The normalized spacial score (nSPS) is 12.4. The summed E-state index contributed by atoms with van der Waals surface area (Å²) < 4.78 is 92.9. The van der Waals surface area contributed by atoms with Crippen molar-refractivity contribution in [2.75, 3.05) is 0 Å². The predicted octanol–water partition coefficient (Wildman–Crippen LogP) is 6.76. The second-order valence-electron chi connectivity index (χ2n) is 9.65. The van der Waals surface area contributed by atoms with E-state index >= 15 is 8.78 Å². The fourth-order valence-electron chi connectivity index (χ4n) is 5.60. The molecule has 14 heteroatoms. The van der Waals surface area contributed by atoms with Gasteiger partial charge in [-0.15, -0.1) is 0 Å². The van der Waals surface area contributed by atoms with Crippen molar-refractivity contribution in [1.29, 1.82) is 42.1 Å². The number of fused-ring (bicyclic) bond motifs is 2. The molecule has 222 valence electrons. The molecule has 0 spiro atoms. The lowest BCUT2D eigenvalue weighted by Gasteiger charge is -2.14. The maximum Gasteiger partial charge on any atom is 0.144 e. The molecule has 0 N–H and O–H groups in total. The van der Waals surface area contributed by atoms with Crippen LogP contribution < -0.4 is 0 Å². The number of rotatable bonds is 2. The van der Waals surface area contributed by atoms with Crippen molar-refractivity contribution in [2.45, 2.75) is 0 Å². The summed E-state index contributed by atoms with van der Waals surface area (Å²) in [5.74, 6) is -9.11. The van der Waals surface area contributed by atoms with Gasteiger partial charge in [0.25, 0.3) is 0 Å². The van der Waals surface area contributed by atoms with Crippen molar-refractivity contribution in [3.8, 4) is 48.6 Å². The summed E-state index contributed by atoms with van der Waals surface area (Å²) in [6.07, 6.45) is 0. The van der Waals surface area contributed by atoms with E-state index in [-0.39, 0.29) is 0 Å². The predicted molar refractivity (Wildman–Crippen MR) is 150 cm³/mol. The summed E-state index contributed by atoms with van der Waals surface area (Å²) >= 11 is 0. The molecule has 0 aromatic heterocycles. The van der Waals surface area contributed by atoms with E-state index < -0.39 is 124 Å². The minimum atomic E-state index is -1.62. The first-order valence-corrected chi connectivity index (χ1v) is 12.7. The van der Waals surface area contributed by atoms with Gasteiger partial charge in [0.1, 0.15) is 106 Å². The Bertz CT molecular complexity index is 2340. The van der Waals surface area contributed by atoms with Gasteiger partial charge >= 0.3 is 0 Å². The molecule has 3 aromatic carbocycles. The summed E-state index contributed by atoms with van der Waals surface area (Å²) in [7, 11) is 0. The van der Waals surface area contributed by atoms with E-state index in [1.165, 1.54) is 36.4 Å². The van der Waals surface area contributed by atoms with Gasteiger partial charge in [0.15, 0.2) is 0 Å². The second kappa shape index (κ2) is 11.6. The second-order valence-corrected chi connectivity index (χ2v) is 9.65. The zero-order valence-electron chi connectivity index (χ0n) is 23.2. The SMILES string of the molecule is N#CC(C#N)=C1C(c2cc(F)c(C#N)c(F)c2)=C(C#N)c2c(F)c3c(c(F)c21)C(C#N)=C(c1cc(F)c(C#N)c(F)c1)C3=C(C#N)C#N. The number of benzene rings is 3. The van der Waals surface area contributed by atoms with Crippen LogP contribution >= 0.6 is 0 Å². The molecule has 5 rings (SSSR count). The molecule has 3 aromatic rings. The highest BCUT2D eigenvalue weighted by molar-refractivity contribution is 6.30. The lowest BCUT2D eigenvalue weighted by molar-refractivity contribution is 0.575. The van der Waals surface area contributed by atoms with Crippen LogP contribution in [0.2, 0.25) is 0 Å². The molecule has 2 aliphatic rings. The van der Waals surface area contributed by atoms with Crippen molar-refractivity contribution in [2.24, 2.45) is 0 Å². The average Bonchev–Trinajstić information content (AvgIpc) is 3.59. The van der Waals surface area contributed by atoms with Crippen LogP contribution in [0.5, 0.6) is 0 Å². The highest BCUT2D eigenvalue weighted by Gasteiger charge is 2.44. The average molecular weight is 638 g/mol. The maximum absolute atomic E-state index is 17.0. The molecule has 0 atom stereocenters. The first-order chi connectivity index (χ1) is 23.0. The van der Waals surface area contributed by atoms with E-state index in [0.717, 1.165) is 0 Å². The summed E-state index contributed by atoms with van der Waals surface area (Å²) in [5, 5.41) is 77.6. The zero-order chi connectivity index (χ0) is 35.2. The van der Waals surface area contributed by atoms with Gasteiger partial charge < -0.3 is 0 Å². The molecule has 0 radical (unpaired) electrons. The molecule has 2 aliphatic carbocycles. The van der Waals surface area contributed by atoms with Crippen LogP contribution in [0.1, 0.15) is 44.5 Å². The molecule has 8 nitrogen and oxygen atoms in total. The van der Waals surface area contributed by atoms with Gasteiger partial charge in [0.2, 0.25) is 0 Å². The fraction of sp³-hybridized carbons (Fsp3) is 0. The van der Waals surface area contributed by atoms with Crippen molar-refractivity contribution in [3.05, 3.63) is 115 Å². The molecule has 0 unspecified atom stereocenters. The van der Waals surface area contributed by atoms with Crippen LogP contribution in [-0.4, -0.2) is 0 Å². The minimum Gasteiger partial charge on any atom is -0.206 e. The molecule has 0 amide bonds. The summed E-state index contributed by atoms with van der Waals surface area (Å²) in [5.41, 5.74) is -14.2. The monoisotopic (exact) mass is 638 g/mol. The van der Waals surface area contributed by atoms with Crippen LogP contribution in [0, 0.1) is 126 Å². The Morgan fingerprint density at radius 1 is 0.417 bits per heavy atom. The van der Waals surface area contributed by atoms with Crippen molar-refractivity contribution in [1.82, 2.24) is 0 Å². The van der Waals surface area contributed by atoms with E-state index in [2.05, 4.69) is 0 Å². The standard InChI is InChI=1S/C34H4F6N8/c35-21-1-13(2-22(36)17(21)9-45)25-19(11-47)29-31(27(25)15(5-41)6-42)34(40)30-20(12-48)26(14-3-23(37)18(10-46)24(38)4-14)28(16(7-43)8-44)32(30)33(29)39/h1-4H. The molecule has 0 saturated carbocycles. The molecular weight excluding hydrogens is 634 g/mol. The number of hydrogen-bond acceptors (Lipinski definition) is 8. The number of halogens is 6. The number of allylic oxidation sites excluding steroid dienone is 8. The Morgan fingerprint density at radius 3 is 0.938 bits per heavy atom. The molecule has 0 saturated heterocycles. The maximum atomic E-state index is 17.0. The lowest BCUT2D eigenvalue weighted by Crippen LogP contribution is -2.05. The van der Waals surface area contributed by atoms with Crippen LogP contribution in [0.3, 0.4) is 0 Å². The molecule has 0 heterocycles. The van der Waals surface area contributed by atoms with Gasteiger partial charge in [0.05, 0.1) is 11.1 Å². The third-order valence-corrected chi connectivity index (χ3v) is 7.43. The largest absolute Gasteiger partial charge is 0.206 e. The fourth-order valence-corrected chi connectivity index (χ4v) is 5.60. The van der Waals surface area contributed by atoms with E-state index in [4.69, 9.17) is 10.5 Å². The van der Waals surface area contributed by atoms with Gasteiger partial charge in [-0.1, -0.05) is 0 Å². The van der Waals surface area contributed by atoms with E-state index in [1.54, 1.807) is 12.1 Å². The smallest absolute Gasteiger partial charge is 0.144 e. The Kier molecular flexibility index (Phi) is 7.60. The van der Waals surface area contributed by atoms with E-state index in [9.17, 15) is 49.1 Å². The Hall–Kier alpha value is -7.88. The lowest BCUT2D eigenvalue weighted by atomic mass is 9.88. The quantitative estimate of drug-likeness (QED) is 0.217. The molecule has 48 heavy (non-hydrogen) atoms. The summed E-state index contributed by atoms with van der Waals surface area (Å²) in [6, 6.07) is 13.5. The zero-order valence-corrected chi connectivity index (χ0v) is 23.2. The van der Waals surface area contributed by atoms with Gasteiger partial charge in [0, 0.05) is 44.5 Å². The van der Waals surface area contributed by atoms with E-state index in [1.807, 2.05) is 0 Å². The van der Waals surface area contributed by atoms with Crippen LogP contribution in [-0.2, 0) is 0 Å². The van der Waals surface area contributed by atoms with Gasteiger partial charge in [-0.3, -0.25) is 0 Å². The molecular formula is C34H4F6N8. The van der Waals surface area contributed by atoms with Crippen molar-refractivity contribution >= 4 is 33.4 Å². The highest BCUT2D eigenvalue weighted by atomic mass is 19.2. The topological polar surface area (TPSA) is 190 Å². The Morgan fingerprint density at radius 2 is 0.708 bits per heavy atom. The summed E-state index contributed by atoms with van der Waals surface area (Å²) in [6.45, 7) is 0. The van der Waals surface area contributed by atoms with Gasteiger partial charge in [-0.25, -0.2) is 26.3 Å². The van der Waals surface area contributed by atoms with Crippen molar-refractivity contribution < 1.29 is 26.3 Å². The van der Waals surface area contributed by atoms with Crippen LogP contribution in [0.25, 0.3) is 33.4 Å². The number of hydrogen-bond donors (Lipinski definition) is 0. The van der Waals surface area contributed by atoms with Crippen molar-refractivity contribution in [3.63, 3.8) is 0 Å². The third kappa shape index (κ3) is 4.18. The van der Waals surface area contributed by atoms with Crippen LogP contribution in [0.15, 0.2) is 35.4 Å². The molecule has 0 bridgehead atoms. The highest BCUT2D eigenvalue weighted by Crippen LogP contribution is 2.57. The Balaban J connectivity index is 2.04. The van der Waals surface area contributed by atoms with Crippen LogP contribution in [0.4, 0.5) is 26.3 Å². The van der Waals surface area contributed by atoms with E-state index in [0.29, 0.717) is 24.3 Å². The first-order valence-electron chi connectivity index (χ1n) is 12.7. The Labute approximate surface area is 265 Å². The molecule has 0 aliphatic heterocycles. The van der Waals surface area contributed by atoms with Gasteiger partial charge in [-0.05, 0) is 35.4 Å². The first kappa shape index (κ1) is 31.5.